The van der Waals surface area contributed by atoms with E-state index in [2.05, 4.69) is 10.6 Å². The molecule has 0 bridgehead atoms. The number of aliphatic hydroxyl groups is 1. The highest BCUT2D eigenvalue weighted by Gasteiger charge is 2.52. The minimum absolute atomic E-state index is 0.000559. The number of likely N-dealkylation sites (tertiary alicyclic amines) is 1. The number of hydrogen-bond donors (Lipinski definition) is 4. The second-order valence-corrected chi connectivity index (χ2v) is 11.1. The third kappa shape index (κ3) is 6.18. The Bertz CT molecular complexity index is 1160. The second-order valence-electron chi connectivity index (χ2n) is 11.1. The van der Waals surface area contributed by atoms with E-state index in [9.17, 15) is 24.6 Å². The minimum atomic E-state index is -1.58. The van der Waals surface area contributed by atoms with Crippen LogP contribution in [0, 0.1) is 25.2 Å². The summed E-state index contributed by atoms with van der Waals surface area (Å²) in [5.41, 5.74) is 1.73. The smallest absolute Gasteiger partial charge is 0.254 e. The van der Waals surface area contributed by atoms with Gasteiger partial charge in [0.2, 0.25) is 5.91 Å². The van der Waals surface area contributed by atoms with Crippen molar-refractivity contribution in [3.05, 3.63) is 64.7 Å². The van der Waals surface area contributed by atoms with Crippen molar-refractivity contribution >= 4 is 17.7 Å². The van der Waals surface area contributed by atoms with Crippen molar-refractivity contribution in [2.24, 2.45) is 11.3 Å². The number of phenolic OH excluding ortho intramolecular Hbond substituents is 1. The monoisotopic (exact) mass is 523 g/mol. The van der Waals surface area contributed by atoms with Crippen molar-refractivity contribution in [3.63, 3.8) is 0 Å². The van der Waals surface area contributed by atoms with Crippen LogP contribution in [-0.4, -0.2) is 64.1 Å². The van der Waals surface area contributed by atoms with Gasteiger partial charge < -0.3 is 25.7 Å². The summed E-state index contributed by atoms with van der Waals surface area (Å²) in [5, 5.41) is 27.4. The van der Waals surface area contributed by atoms with Crippen LogP contribution in [0.5, 0.6) is 5.75 Å². The zero-order chi connectivity index (χ0) is 28.2. The lowest BCUT2D eigenvalue weighted by Gasteiger charge is -2.35. The molecular weight excluding hydrogens is 482 g/mol. The van der Waals surface area contributed by atoms with Crippen LogP contribution >= 0.6 is 0 Å². The van der Waals surface area contributed by atoms with Gasteiger partial charge in [-0.15, -0.1) is 0 Å². The number of benzene rings is 2. The summed E-state index contributed by atoms with van der Waals surface area (Å²) in [5.74, 6) is -1.31. The average molecular weight is 524 g/mol. The largest absolute Gasteiger partial charge is 0.508 e. The van der Waals surface area contributed by atoms with Crippen LogP contribution in [0.15, 0.2) is 42.5 Å². The number of rotatable bonds is 9. The van der Waals surface area contributed by atoms with E-state index < -0.39 is 35.4 Å². The van der Waals surface area contributed by atoms with Crippen LogP contribution in [0.1, 0.15) is 61.2 Å². The number of phenols is 1. The van der Waals surface area contributed by atoms with Gasteiger partial charge in [-0.25, -0.2) is 0 Å². The number of nitrogens with one attached hydrogen (secondary N) is 2. The molecule has 38 heavy (non-hydrogen) atoms. The van der Waals surface area contributed by atoms with Crippen LogP contribution < -0.4 is 10.6 Å². The Hall–Kier alpha value is -3.39. The standard InChI is InChI=1S/C30H41N3O5/c1-7-13-31-28(37)26-30(5,6)19(3)17-33(26)29(38)25(35)23(16-21-11-9-8-10-12-21)32-27(36)22-14-18(2)15-24(34)20(22)4/h8-12,14-15,19,23,25-26,34-35H,7,13,16-17H2,1-6H3,(H,31,37)(H,32,36)/t19-,23+,25+,26-/m1/s1. The van der Waals surface area contributed by atoms with Gasteiger partial charge in [0.25, 0.3) is 11.8 Å². The molecule has 2 aromatic carbocycles. The summed E-state index contributed by atoms with van der Waals surface area (Å²) in [6.07, 6.45) is -0.611. The quantitative estimate of drug-likeness (QED) is 0.403. The molecule has 1 heterocycles. The fourth-order valence-electron chi connectivity index (χ4n) is 5.12. The van der Waals surface area contributed by atoms with Gasteiger partial charge in [0.15, 0.2) is 6.10 Å². The Morgan fingerprint density at radius 2 is 1.79 bits per heavy atom. The topological polar surface area (TPSA) is 119 Å². The first-order valence-corrected chi connectivity index (χ1v) is 13.3. The number of aliphatic hydroxyl groups excluding tert-OH is 1. The van der Waals surface area contributed by atoms with Crippen molar-refractivity contribution in [1.82, 2.24) is 15.5 Å². The third-order valence-electron chi connectivity index (χ3n) is 7.86. The van der Waals surface area contributed by atoms with Crippen molar-refractivity contribution in [2.75, 3.05) is 13.1 Å². The van der Waals surface area contributed by atoms with E-state index in [-0.39, 0.29) is 29.6 Å². The van der Waals surface area contributed by atoms with Crippen LogP contribution in [0.25, 0.3) is 0 Å². The number of carbonyl (C=O) groups is 3. The van der Waals surface area contributed by atoms with Crippen LogP contribution in [0.4, 0.5) is 0 Å². The van der Waals surface area contributed by atoms with Crippen molar-refractivity contribution in [3.8, 4) is 5.75 Å². The Morgan fingerprint density at radius 3 is 2.42 bits per heavy atom. The number of nitrogens with zero attached hydrogens (tertiary/aromatic N) is 1. The van der Waals surface area contributed by atoms with Crippen molar-refractivity contribution in [2.45, 2.75) is 72.6 Å². The molecule has 206 valence electrons. The molecule has 4 atom stereocenters. The number of aromatic hydroxyl groups is 1. The van der Waals surface area contributed by atoms with Gasteiger partial charge in [-0.2, -0.15) is 0 Å². The van der Waals surface area contributed by atoms with Gasteiger partial charge >= 0.3 is 0 Å². The highest BCUT2D eigenvalue weighted by atomic mass is 16.3. The first-order chi connectivity index (χ1) is 17.9. The van der Waals surface area contributed by atoms with Crippen molar-refractivity contribution in [1.29, 1.82) is 0 Å². The number of carbonyl (C=O) groups excluding carboxylic acids is 3. The fraction of sp³-hybridized carbons (Fsp3) is 0.500. The number of aryl methyl sites for hydroxylation is 1. The molecular formula is C30H41N3O5. The van der Waals surface area contributed by atoms with E-state index in [0.717, 1.165) is 12.0 Å². The Balaban J connectivity index is 1.92. The molecule has 1 aliphatic heterocycles. The molecule has 0 aromatic heterocycles. The second kappa shape index (κ2) is 12.0. The maximum Gasteiger partial charge on any atom is 0.254 e. The molecule has 1 saturated heterocycles. The summed E-state index contributed by atoms with van der Waals surface area (Å²) in [6, 6.07) is 10.8. The molecule has 8 nitrogen and oxygen atoms in total. The lowest BCUT2D eigenvalue weighted by atomic mass is 9.77. The molecule has 0 saturated carbocycles. The van der Waals surface area contributed by atoms with Gasteiger partial charge in [-0.3, -0.25) is 14.4 Å². The SMILES string of the molecule is CCCNC(=O)[C@H]1N(C(=O)[C@@H](O)[C@H](Cc2ccccc2)NC(=O)c2cc(C)cc(O)c2C)C[C@@H](C)C1(C)C. The highest BCUT2D eigenvalue weighted by molar-refractivity contribution is 5.97. The average Bonchev–Trinajstić information content (AvgIpc) is 3.12. The molecule has 0 aliphatic carbocycles. The van der Waals surface area contributed by atoms with Crippen molar-refractivity contribution < 1.29 is 24.6 Å². The predicted molar refractivity (Wildman–Crippen MR) is 147 cm³/mol. The molecule has 0 unspecified atom stereocenters. The zero-order valence-corrected chi connectivity index (χ0v) is 23.2. The summed E-state index contributed by atoms with van der Waals surface area (Å²) in [4.78, 5) is 41.8. The van der Waals surface area contributed by atoms with Crippen LogP contribution in [0.3, 0.4) is 0 Å². The first-order valence-electron chi connectivity index (χ1n) is 13.3. The minimum Gasteiger partial charge on any atom is -0.508 e. The summed E-state index contributed by atoms with van der Waals surface area (Å²) >= 11 is 0. The fourth-order valence-corrected chi connectivity index (χ4v) is 5.12. The summed E-state index contributed by atoms with van der Waals surface area (Å²) in [6.45, 7) is 12.1. The molecule has 3 rings (SSSR count). The van der Waals surface area contributed by atoms with E-state index in [0.29, 0.717) is 24.2 Å². The molecule has 2 aromatic rings. The Labute approximate surface area is 225 Å². The van der Waals surface area contributed by atoms with E-state index >= 15 is 0 Å². The van der Waals surface area contributed by atoms with Gasteiger partial charge in [0.1, 0.15) is 11.8 Å². The van der Waals surface area contributed by atoms with E-state index in [1.807, 2.05) is 58.0 Å². The summed E-state index contributed by atoms with van der Waals surface area (Å²) < 4.78 is 0. The normalized spacial score (nSPS) is 20.0. The highest BCUT2D eigenvalue weighted by Crippen LogP contribution is 2.41. The molecule has 1 aliphatic rings. The Morgan fingerprint density at radius 1 is 1.13 bits per heavy atom. The number of amides is 3. The zero-order valence-electron chi connectivity index (χ0n) is 23.2. The van der Waals surface area contributed by atoms with Gasteiger partial charge in [-0.05, 0) is 61.3 Å². The Kier molecular flexibility index (Phi) is 9.20. The third-order valence-corrected chi connectivity index (χ3v) is 7.86. The lowest BCUT2D eigenvalue weighted by molar-refractivity contribution is -0.148. The predicted octanol–water partition coefficient (Wildman–Crippen LogP) is 3.11. The maximum atomic E-state index is 13.8. The van der Waals surface area contributed by atoms with E-state index in [1.165, 1.54) is 4.90 Å². The lowest BCUT2D eigenvalue weighted by Crippen LogP contribution is -2.57. The van der Waals surface area contributed by atoms with Gasteiger partial charge in [0, 0.05) is 24.2 Å². The molecule has 0 radical (unpaired) electrons. The molecule has 3 amide bonds. The first kappa shape index (κ1) is 29.2. The molecule has 1 fully saturated rings. The van der Waals surface area contributed by atoms with Crippen LogP contribution in [0.2, 0.25) is 0 Å². The summed E-state index contributed by atoms with van der Waals surface area (Å²) in [7, 11) is 0. The maximum absolute atomic E-state index is 13.8. The number of hydrogen-bond acceptors (Lipinski definition) is 5. The molecule has 8 heteroatoms. The van der Waals surface area contributed by atoms with Crippen LogP contribution in [-0.2, 0) is 16.0 Å². The molecule has 0 spiro atoms. The van der Waals surface area contributed by atoms with Gasteiger partial charge in [-0.1, -0.05) is 58.0 Å². The van der Waals surface area contributed by atoms with E-state index in [1.54, 1.807) is 26.0 Å². The van der Waals surface area contributed by atoms with Gasteiger partial charge in [0.05, 0.1) is 6.04 Å². The molecule has 4 N–H and O–H groups in total. The van der Waals surface area contributed by atoms with E-state index in [4.69, 9.17) is 0 Å².